The van der Waals surface area contributed by atoms with Crippen molar-refractivity contribution in [3.8, 4) is 34.5 Å². The second kappa shape index (κ2) is 28.6. The fourth-order valence-electron chi connectivity index (χ4n) is 6.28. The number of unbranched alkanes of at least 4 members (excludes halogenated alkanes) is 12. The molecule has 0 amide bonds. The van der Waals surface area contributed by atoms with Crippen molar-refractivity contribution >= 4 is 24.1 Å². The summed E-state index contributed by atoms with van der Waals surface area (Å²) in [4.78, 5) is 25.9. The van der Waals surface area contributed by atoms with E-state index in [9.17, 15) is 9.59 Å². The lowest BCUT2D eigenvalue weighted by molar-refractivity contribution is -0.130. The van der Waals surface area contributed by atoms with Crippen molar-refractivity contribution < 1.29 is 38.0 Å². The fraction of sp³-hybridized carbons (Fsp3) is 0.520. The molecule has 0 radical (unpaired) electrons. The summed E-state index contributed by atoms with van der Waals surface area (Å²) in [5.41, 5.74) is 3.48. The quantitative estimate of drug-likeness (QED) is 0.0285. The van der Waals surface area contributed by atoms with Gasteiger partial charge in [-0.05, 0) is 87.1 Å². The summed E-state index contributed by atoms with van der Waals surface area (Å²) in [7, 11) is 0. The maximum Gasteiger partial charge on any atom is 0.336 e. The van der Waals surface area contributed by atoms with Gasteiger partial charge >= 0.3 is 11.9 Å². The third kappa shape index (κ3) is 17.8. The van der Waals surface area contributed by atoms with Crippen LogP contribution < -0.4 is 28.4 Å². The van der Waals surface area contributed by atoms with Crippen LogP contribution in [0, 0.1) is 13.8 Å². The van der Waals surface area contributed by atoms with Crippen LogP contribution in [0.15, 0.2) is 60.7 Å². The average Bonchev–Trinajstić information content (AvgIpc) is 3.22. The van der Waals surface area contributed by atoms with Crippen molar-refractivity contribution in [2.24, 2.45) is 0 Å². The Balaban J connectivity index is 1.65. The molecule has 0 saturated carbocycles. The van der Waals surface area contributed by atoms with Gasteiger partial charge in [0.25, 0.3) is 0 Å². The molecule has 0 heterocycles. The van der Waals surface area contributed by atoms with Crippen LogP contribution in [0.3, 0.4) is 0 Å². The van der Waals surface area contributed by atoms with Gasteiger partial charge in [0.1, 0.15) is 11.5 Å². The second-order valence-corrected chi connectivity index (χ2v) is 14.9. The molecular formula is C50H70O8. The number of benzene rings is 3. The first kappa shape index (κ1) is 47.7. The number of carbonyl (C=O) groups is 2. The van der Waals surface area contributed by atoms with Crippen LogP contribution in [0.5, 0.6) is 34.5 Å². The smallest absolute Gasteiger partial charge is 0.336 e. The molecule has 3 aromatic carbocycles. The van der Waals surface area contributed by atoms with Crippen molar-refractivity contribution in [1.82, 2.24) is 0 Å². The zero-order valence-corrected chi connectivity index (χ0v) is 36.3. The lowest BCUT2D eigenvalue weighted by atomic mass is 10.1. The van der Waals surface area contributed by atoms with Crippen LogP contribution in [0.1, 0.15) is 153 Å². The van der Waals surface area contributed by atoms with E-state index in [1.807, 2.05) is 38.1 Å². The molecule has 58 heavy (non-hydrogen) atoms. The molecule has 0 atom stereocenters. The number of ether oxygens (including phenoxy) is 6. The summed E-state index contributed by atoms with van der Waals surface area (Å²) in [5, 5.41) is 0. The van der Waals surface area contributed by atoms with Gasteiger partial charge in [0.2, 0.25) is 0 Å². The molecule has 0 spiro atoms. The minimum atomic E-state index is -0.546. The molecule has 0 aliphatic rings. The topological polar surface area (TPSA) is 89.5 Å². The van der Waals surface area contributed by atoms with E-state index >= 15 is 0 Å². The van der Waals surface area contributed by atoms with E-state index in [2.05, 4.69) is 27.7 Å². The lowest BCUT2D eigenvalue weighted by Gasteiger charge is -2.17. The summed E-state index contributed by atoms with van der Waals surface area (Å²) in [6.07, 6.45) is 23.8. The Morgan fingerprint density at radius 3 is 1.03 bits per heavy atom. The van der Waals surface area contributed by atoms with Crippen molar-refractivity contribution in [2.75, 3.05) is 26.4 Å². The highest BCUT2D eigenvalue weighted by Crippen LogP contribution is 2.38. The van der Waals surface area contributed by atoms with Gasteiger partial charge in [-0.25, -0.2) is 9.59 Å². The highest BCUT2D eigenvalue weighted by molar-refractivity contribution is 5.90. The molecule has 0 fully saturated rings. The van der Waals surface area contributed by atoms with E-state index in [-0.39, 0.29) is 0 Å². The highest BCUT2D eigenvalue weighted by atomic mass is 16.5. The molecule has 0 aromatic heterocycles. The first-order chi connectivity index (χ1) is 28.3. The summed E-state index contributed by atoms with van der Waals surface area (Å²) in [6, 6.07) is 14.2. The summed E-state index contributed by atoms with van der Waals surface area (Å²) >= 11 is 0. The largest absolute Gasteiger partial charge is 0.489 e. The van der Waals surface area contributed by atoms with Crippen LogP contribution >= 0.6 is 0 Å². The molecule has 8 heteroatoms. The molecule has 0 N–H and O–H groups in total. The zero-order chi connectivity index (χ0) is 41.8. The number of hydrogen-bond acceptors (Lipinski definition) is 8. The predicted octanol–water partition coefficient (Wildman–Crippen LogP) is 13.4. The lowest BCUT2D eigenvalue weighted by Crippen LogP contribution is -2.07. The predicted molar refractivity (Wildman–Crippen MR) is 237 cm³/mol. The molecule has 0 bridgehead atoms. The van der Waals surface area contributed by atoms with Gasteiger partial charge in [0.05, 0.1) is 26.4 Å². The average molecular weight is 799 g/mol. The van der Waals surface area contributed by atoms with Gasteiger partial charge in [-0.3, -0.25) is 0 Å². The van der Waals surface area contributed by atoms with Gasteiger partial charge in [-0.2, -0.15) is 0 Å². The van der Waals surface area contributed by atoms with Crippen LogP contribution in [-0.4, -0.2) is 38.4 Å². The summed E-state index contributed by atoms with van der Waals surface area (Å²) < 4.78 is 36.2. The van der Waals surface area contributed by atoms with E-state index in [1.54, 1.807) is 36.4 Å². The van der Waals surface area contributed by atoms with E-state index < -0.39 is 11.9 Å². The highest BCUT2D eigenvalue weighted by Gasteiger charge is 2.16. The van der Waals surface area contributed by atoms with E-state index in [4.69, 9.17) is 28.4 Å². The maximum absolute atomic E-state index is 12.9. The maximum atomic E-state index is 12.9. The number of carbonyl (C=O) groups excluding carboxylic acids is 2. The molecule has 0 aliphatic carbocycles. The van der Waals surface area contributed by atoms with Gasteiger partial charge in [-0.1, -0.05) is 129 Å². The zero-order valence-electron chi connectivity index (χ0n) is 36.3. The van der Waals surface area contributed by atoms with Gasteiger partial charge in [-0.15, -0.1) is 0 Å². The van der Waals surface area contributed by atoms with Gasteiger partial charge in [0, 0.05) is 23.3 Å². The van der Waals surface area contributed by atoms with Gasteiger partial charge in [0.15, 0.2) is 23.0 Å². The van der Waals surface area contributed by atoms with Crippen molar-refractivity contribution in [1.29, 1.82) is 0 Å². The van der Waals surface area contributed by atoms with E-state index in [1.165, 1.54) is 37.8 Å². The minimum absolute atomic E-state index is 0.319. The molecule has 8 nitrogen and oxygen atoms in total. The SMILES string of the molecule is CCCCCCOc1c(C)ccc(C=CC(=O)Oc2ccc(OC(=O)C=Cc3ccc(C)c(OCCCCCC)c3OCCCCCC)cc2)c1OCCCCCC. The second-order valence-electron chi connectivity index (χ2n) is 14.9. The molecular weight excluding hydrogens is 729 g/mol. The van der Waals surface area contributed by atoms with Crippen molar-refractivity contribution in [3.05, 3.63) is 82.9 Å². The standard InChI is InChI=1S/C50H70O8/c1-7-11-15-19-35-53-47-39(5)23-25-41(49(47)55-37-21-17-13-9-3)27-33-45(51)57-43-29-31-44(32-30-43)58-46(52)34-28-42-26-24-40(6)48(54-36-20-16-12-8-2)50(42)56-38-22-18-14-10-4/h23-34H,7-22,35-38H2,1-6H3. The Hall–Kier alpha value is -4.72. The van der Waals surface area contributed by atoms with E-state index in [0.717, 1.165) is 111 Å². The third-order valence-corrected chi connectivity index (χ3v) is 9.71. The summed E-state index contributed by atoms with van der Waals surface area (Å²) in [5.74, 6) is 2.29. The Kier molecular flexibility index (Phi) is 23.5. The van der Waals surface area contributed by atoms with Crippen molar-refractivity contribution in [3.63, 3.8) is 0 Å². The Morgan fingerprint density at radius 1 is 0.414 bits per heavy atom. The molecule has 0 unspecified atom stereocenters. The van der Waals surface area contributed by atoms with Crippen LogP contribution in [0.4, 0.5) is 0 Å². The van der Waals surface area contributed by atoms with Gasteiger partial charge < -0.3 is 28.4 Å². The molecule has 318 valence electrons. The van der Waals surface area contributed by atoms with Crippen LogP contribution in [0.25, 0.3) is 12.2 Å². The molecule has 0 aliphatic heterocycles. The summed E-state index contributed by atoms with van der Waals surface area (Å²) in [6.45, 7) is 15.2. The van der Waals surface area contributed by atoms with Crippen LogP contribution in [0.2, 0.25) is 0 Å². The number of esters is 2. The van der Waals surface area contributed by atoms with Crippen molar-refractivity contribution in [2.45, 2.75) is 144 Å². The molecule has 0 saturated heterocycles. The first-order valence-electron chi connectivity index (χ1n) is 22.0. The molecule has 3 aromatic rings. The molecule has 3 rings (SSSR count). The minimum Gasteiger partial charge on any atom is -0.489 e. The number of aryl methyl sites for hydroxylation is 2. The fourth-order valence-corrected chi connectivity index (χ4v) is 6.28. The normalized spacial score (nSPS) is 11.3. The Morgan fingerprint density at radius 2 is 0.724 bits per heavy atom. The Labute approximate surface area is 349 Å². The third-order valence-electron chi connectivity index (χ3n) is 9.71. The Bertz CT molecular complexity index is 1570. The number of rotatable bonds is 30. The number of hydrogen-bond donors (Lipinski definition) is 0. The monoisotopic (exact) mass is 799 g/mol. The van der Waals surface area contributed by atoms with E-state index in [0.29, 0.717) is 49.4 Å². The van der Waals surface area contributed by atoms with Crippen LogP contribution in [-0.2, 0) is 9.59 Å². The first-order valence-corrected chi connectivity index (χ1v) is 22.0.